The molecule has 3 heterocycles. The molecule has 0 radical (unpaired) electrons. The Labute approximate surface area is 202 Å². The van der Waals surface area contributed by atoms with E-state index in [9.17, 15) is 9.59 Å². The van der Waals surface area contributed by atoms with Crippen LogP contribution in [0.25, 0.3) is 10.2 Å². The van der Waals surface area contributed by atoms with Gasteiger partial charge in [0.2, 0.25) is 5.95 Å². The van der Waals surface area contributed by atoms with Gasteiger partial charge in [-0.1, -0.05) is 12.1 Å². The van der Waals surface area contributed by atoms with Crippen LogP contribution in [0.1, 0.15) is 47.7 Å². The number of hydrogen-bond donors (Lipinski definition) is 2. The van der Waals surface area contributed by atoms with Gasteiger partial charge in [0.05, 0.1) is 35.5 Å². The minimum Gasteiger partial charge on any atom is -0.497 e. The summed E-state index contributed by atoms with van der Waals surface area (Å²) in [5.74, 6) is 1.01. The standard InChI is InChI=1S/C24H29N5O4S/c1-13(2)33-24(31)26-17-11-29(12-17)22(30)20-21-19(10-14(3)34-21)27-23(28-20)25-15(4)16-6-8-18(32-5)9-7-16/h6-10,13,15,17H,11-12H2,1-5H3,(H,26,31)(H,25,27,28). The number of fused-ring (bicyclic) bond motifs is 1. The van der Waals surface area contributed by atoms with Crippen LogP contribution >= 0.6 is 11.3 Å². The second-order valence-electron chi connectivity index (χ2n) is 8.61. The normalized spacial score (nSPS) is 14.6. The number of methoxy groups -OCH3 is 1. The highest BCUT2D eigenvalue weighted by Gasteiger charge is 2.34. The molecule has 3 aromatic rings. The Morgan fingerprint density at radius 1 is 1.15 bits per heavy atom. The van der Waals surface area contributed by atoms with Gasteiger partial charge in [-0.05, 0) is 51.5 Å². The third-order valence-electron chi connectivity index (χ3n) is 5.49. The summed E-state index contributed by atoms with van der Waals surface area (Å²) in [5.41, 5.74) is 2.15. The van der Waals surface area contributed by atoms with E-state index >= 15 is 0 Å². The molecule has 34 heavy (non-hydrogen) atoms. The van der Waals surface area contributed by atoms with Crippen LogP contribution in [0.2, 0.25) is 0 Å². The third kappa shape index (κ3) is 5.22. The number of alkyl carbamates (subject to hydrolysis) is 1. The van der Waals surface area contributed by atoms with E-state index in [2.05, 4.69) is 20.6 Å². The quantitative estimate of drug-likeness (QED) is 0.520. The summed E-state index contributed by atoms with van der Waals surface area (Å²) >= 11 is 1.50. The van der Waals surface area contributed by atoms with Crippen LogP contribution in [0.4, 0.5) is 10.7 Å². The second kappa shape index (κ2) is 9.84. The number of carbonyl (C=O) groups is 2. The maximum atomic E-state index is 13.3. The van der Waals surface area contributed by atoms with E-state index in [4.69, 9.17) is 9.47 Å². The van der Waals surface area contributed by atoms with Crippen LogP contribution < -0.4 is 15.4 Å². The van der Waals surface area contributed by atoms with Crippen molar-refractivity contribution in [3.8, 4) is 5.75 Å². The van der Waals surface area contributed by atoms with Crippen molar-refractivity contribution < 1.29 is 19.1 Å². The molecule has 1 aliphatic heterocycles. The molecule has 1 aliphatic rings. The van der Waals surface area contributed by atoms with Gasteiger partial charge in [-0.25, -0.2) is 14.8 Å². The van der Waals surface area contributed by atoms with Crippen LogP contribution in [0.5, 0.6) is 5.75 Å². The summed E-state index contributed by atoms with van der Waals surface area (Å²) < 4.78 is 11.1. The lowest BCUT2D eigenvalue weighted by Crippen LogP contribution is -2.61. The summed E-state index contributed by atoms with van der Waals surface area (Å²) in [7, 11) is 1.63. The van der Waals surface area contributed by atoms with Crippen molar-refractivity contribution in [1.82, 2.24) is 20.2 Å². The Balaban J connectivity index is 1.50. The van der Waals surface area contributed by atoms with Crippen molar-refractivity contribution in [3.63, 3.8) is 0 Å². The van der Waals surface area contributed by atoms with E-state index in [0.717, 1.165) is 26.4 Å². The average molecular weight is 484 g/mol. The number of aryl methyl sites for hydroxylation is 1. The summed E-state index contributed by atoms with van der Waals surface area (Å²) in [4.78, 5) is 37.1. The van der Waals surface area contributed by atoms with Gasteiger partial charge < -0.3 is 25.0 Å². The number of aromatic nitrogens is 2. The van der Waals surface area contributed by atoms with Gasteiger partial charge in [-0.15, -0.1) is 11.3 Å². The van der Waals surface area contributed by atoms with Gasteiger partial charge >= 0.3 is 6.09 Å². The van der Waals surface area contributed by atoms with Crippen molar-refractivity contribution in [3.05, 3.63) is 46.5 Å². The number of ether oxygens (including phenoxy) is 2. The van der Waals surface area contributed by atoms with Crippen molar-refractivity contribution in [2.24, 2.45) is 0 Å². The molecule has 2 N–H and O–H groups in total. The molecule has 180 valence electrons. The maximum Gasteiger partial charge on any atom is 0.407 e. The Hall–Kier alpha value is -3.40. The van der Waals surface area contributed by atoms with Gasteiger partial charge in [0.15, 0.2) is 5.69 Å². The first kappa shape index (κ1) is 23.7. The number of thiophene rings is 1. The lowest BCUT2D eigenvalue weighted by atomic mass is 10.1. The number of nitrogens with one attached hydrogen (secondary N) is 2. The zero-order valence-corrected chi connectivity index (χ0v) is 20.7. The molecule has 4 rings (SSSR count). The Kier molecular flexibility index (Phi) is 6.87. The van der Waals surface area contributed by atoms with E-state index in [-0.39, 0.29) is 24.1 Å². The largest absolute Gasteiger partial charge is 0.497 e. The first-order valence-corrected chi connectivity index (χ1v) is 12.0. The number of hydrogen-bond acceptors (Lipinski definition) is 8. The fourth-order valence-corrected chi connectivity index (χ4v) is 4.66. The predicted molar refractivity (Wildman–Crippen MR) is 132 cm³/mol. The first-order chi connectivity index (χ1) is 16.2. The van der Waals surface area contributed by atoms with E-state index in [1.807, 2.05) is 44.2 Å². The Morgan fingerprint density at radius 3 is 2.50 bits per heavy atom. The van der Waals surface area contributed by atoms with Crippen LogP contribution in [0.3, 0.4) is 0 Å². The van der Waals surface area contributed by atoms with Crippen LogP contribution in [0.15, 0.2) is 30.3 Å². The van der Waals surface area contributed by atoms with Crippen molar-refractivity contribution in [2.75, 3.05) is 25.5 Å². The van der Waals surface area contributed by atoms with E-state index in [1.54, 1.807) is 25.9 Å². The smallest absolute Gasteiger partial charge is 0.407 e. The van der Waals surface area contributed by atoms with Gasteiger partial charge in [0, 0.05) is 18.0 Å². The Morgan fingerprint density at radius 2 is 1.85 bits per heavy atom. The van der Waals surface area contributed by atoms with Gasteiger partial charge in [0.1, 0.15) is 5.75 Å². The van der Waals surface area contributed by atoms with Gasteiger partial charge in [-0.2, -0.15) is 0 Å². The molecule has 1 atom stereocenters. The molecular weight excluding hydrogens is 454 g/mol. The zero-order valence-electron chi connectivity index (χ0n) is 19.9. The zero-order chi connectivity index (χ0) is 24.4. The molecule has 1 saturated heterocycles. The van der Waals surface area contributed by atoms with Gasteiger partial charge in [-0.3, -0.25) is 4.79 Å². The van der Waals surface area contributed by atoms with Gasteiger partial charge in [0.25, 0.3) is 5.91 Å². The van der Waals surface area contributed by atoms with Crippen molar-refractivity contribution >= 4 is 39.5 Å². The molecule has 1 aromatic carbocycles. The number of anilines is 1. The fraction of sp³-hybridized carbons (Fsp3) is 0.417. The number of nitrogens with zero attached hydrogens (tertiary/aromatic N) is 3. The molecule has 0 bridgehead atoms. The third-order valence-corrected chi connectivity index (χ3v) is 6.54. The average Bonchev–Trinajstić information content (AvgIpc) is 3.14. The molecule has 2 aromatic heterocycles. The molecular formula is C24H29N5O4S. The van der Waals surface area contributed by atoms with E-state index < -0.39 is 6.09 Å². The summed E-state index contributed by atoms with van der Waals surface area (Å²) in [5, 5.41) is 6.10. The highest BCUT2D eigenvalue weighted by Crippen LogP contribution is 2.30. The summed E-state index contributed by atoms with van der Waals surface area (Å²) in [6.45, 7) is 8.40. The highest BCUT2D eigenvalue weighted by atomic mass is 32.1. The molecule has 0 saturated carbocycles. The minimum absolute atomic E-state index is 0.0735. The number of rotatable bonds is 7. The molecule has 1 unspecified atom stereocenters. The number of carbonyl (C=O) groups excluding carboxylic acids is 2. The summed E-state index contributed by atoms with van der Waals surface area (Å²) in [6.07, 6.45) is -0.662. The first-order valence-electron chi connectivity index (χ1n) is 11.2. The molecule has 9 nitrogen and oxygen atoms in total. The SMILES string of the molecule is COc1ccc(C(C)Nc2nc(C(=O)N3CC(NC(=O)OC(C)C)C3)c3sc(C)cc3n2)cc1. The summed E-state index contributed by atoms with van der Waals surface area (Å²) in [6, 6.07) is 9.52. The van der Waals surface area contributed by atoms with E-state index in [1.165, 1.54) is 11.3 Å². The molecule has 1 fully saturated rings. The predicted octanol–water partition coefficient (Wildman–Crippen LogP) is 4.14. The fourth-order valence-electron chi connectivity index (χ4n) is 3.73. The lowest BCUT2D eigenvalue weighted by Gasteiger charge is -2.39. The van der Waals surface area contributed by atoms with Crippen LogP contribution in [-0.4, -0.2) is 59.2 Å². The van der Waals surface area contributed by atoms with E-state index in [0.29, 0.717) is 24.7 Å². The van der Waals surface area contributed by atoms with Crippen LogP contribution in [0, 0.1) is 6.92 Å². The molecule has 0 aliphatic carbocycles. The van der Waals surface area contributed by atoms with Crippen molar-refractivity contribution in [2.45, 2.75) is 45.9 Å². The van der Waals surface area contributed by atoms with Crippen LogP contribution in [-0.2, 0) is 4.74 Å². The maximum absolute atomic E-state index is 13.3. The molecule has 10 heteroatoms. The lowest BCUT2D eigenvalue weighted by molar-refractivity contribution is 0.0526. The highest BCUT2D eigenvalue weighted by molar-refractivity contribution is 7.19. The Bertz CT molecular complexity index is 1190. The molecule has 2 amide bonds. The van der Waals surface area contributed by atoms with Crippen molar-refractivity contribution in [1.29, 1.82) is 0 Å². The number of benzene rings is 1. The monoisotopic (exact) mass is 483 g/mol. The second-order valence-corrected chi connectivity index (χ2v) is 9.87. The number of amides is 2. The molecule has 0 spiro atoms. The topological polar surface area (TPSA) is 106 Å². The number of likely N-dealkylation sites (tertiary alicyclic amines) is 1. The minimum atomic E-state index is -0.468.